The number of carbonyl (C=O) groups excluding carboxylic acids is 2. The van der Waals surface area contributed by atoms with E-state index in [-0.39, 0.29) is 5.91 Å². The lowest BCUT2D eigenvalue weighted by Gasteiger charge is -2.38. The fourth-order valence-electron chi connectivity index (χ4n) is 3.09. The van der Waals surface area contributed by atoms with Crippen molar-refractivity contribution >= 4 is 23.6 Å². The molecule has 0 bridgehead atoms. The summed E-state index contributed by atoms with van der Waals surface area (Å²) in [4.78, 5) is 29.1. The third-order valence-corrected chi connectivity index (χ3v) is 4.65. The molecule has 0 radical (unpaired) electrons. The van der Waals surface area contributed by atoms with Gasteiger partial charge in [-0.25, -0.2) is 4.79 Å². The number of likely N-dealkylation sites (tertiary alicyclic amines) is 1. The number of piperidine rings is 1. The number of nitrogens with zero attached hydrogens (tertiary/aromatic N) is 2. The Bertz CT molecular complexity index is 625. The zero-order chi connectivity index (χ0) is 19.3. The molecule has 0 N–H and O–H groups in total. The summed E-state index contributed by atoms with van der Waals surface area (Å²) in [6, 6.07) is 7.03. The number of ether oxygens (including phenoxy) is 1. The van der Waals surface area contributed by atoms with Crippen LogP contribution in [0.2, 0.25) is 5.02 Å². The molecular formula is C20H29ClN2O3. The predicted molar refractivity (Wildman–Crippen MR) is 103 cm³/mol. The van der Waals surface area contributed by atoms with Gasteiger partial charge in [0.25, 0.3) is 0 Å². The molecule has 0 spiro atoms. The molecule has 1 aromatic rings. The highest BCUT2D eigenvalue weighted by molar-refractivity contribution is 6.30. The van der Waals surface area contributed by atoms with Crippen LogP contribution >= 0.6 is 11.6 Å². The van der Waals surface area contributed by atoms with Gasteiger partial charge in [-0.3, -0.25) is 9.69 Å². The minimum Gasteiger partial charge on any atom is -0.444 e. The average Bonchev–Trinajstić information content (AvgIpc) is 2.59. The molecule has 0 unspecified atom stereocenters. The van der Waals surface area contributed by atoms with Gasteiger partial charge in [0.05, 0.1) is 0 Å². The van der Waals surface area contributed by atoms with Crippen molar-refractivity contribution in [1.29, 1.82) is 0 Å². The van der Waals surface area contributed by atoms with E-state index in [1.165, 1.54) is 0 Å². The number of rotatable bonds is 4. The minimum absolute atomic E-state index is 0.0204. The summed E-state index contributed by atoms with van der Waals surface area (Å²) >= 11 is 5.93. The SMILES string of the molecule is CCN(Cc1ccc(Cl)cc1)C(=O)[C@@H]1CCCCN1C(=O)OC(C)(C)C. The lowest BCUT2D eigenvalue weighted by Crippen LogP contribution is -2.53. The van der Waals surface area contributed by atoms with Crippen molar-refractivity contribution in [3.05, 3.63) is 34.9 Å². The first kappa shape index (κ1) is 20.6. The molecule has 2 amide bonds. The topological polar surface area (TPSA) is 49.9 Å². The standard InChI is InChI=1S/C20H29ClN2O3/c1-5-22(14-15-9-11-16(21)12-10-15)18(24)17-8-6-7-13-23(17)19(25)26-20(2,3)4/h9-12,17H,5-8,13-14H2,1-4H3/t17-/m0/s1. The van der Waals surface area contributed by atoms with Gasteiger partial charge in [0.15, 0.2) is 0 Å². The molecule has 5 nitrogen and oxygen atoms in total. The van der Waals surface area contributed by atoms with Crippen LogP contribution in [0.1, 0.15) is 52.5 Å². The summed E-state index contributed by atoms with van der Waals surface area (Å²) in [5.74, 6) is -0.0204. The molecule has 26 heavy (non-hydrogen) atoms. The third kappa shape index (κ3) is 5.63. The molecule has 1 aliphatic rings. The van der Waals surface area contributed by atoms with E-state index in [2.05, 4.69) is 0 Å². The molecule has 1 heterocycles. The Morgan fingerprint density at radius 3 is 2.46 bits per heavy atom. The highest BCUT2D eigenvalue weighted by Crippen LogP contribution is 2.23. The molecule has 0 aliphatic carbocycles. The van der Waals surface area contributed by atoms with Crippen LogP contribution in [0.25, 0.3) is 0 Å². The number of hydrogen-bond acceptors (Lipinski definition) is 3. The fraction of sp³-hybridized carbons (Fsp3) is 0.600. The Hall–Kier alpha value is -1.75. The van der Waals surface area contributed by atoms with Gasteiger partial charge in [0, 0.05) is 24.7 Å². The second kappa shape index (κ2) is 8.76. The summed E-state index contributed by atoms with van der Waals surface area (Å²) in [6.45, 7) is 9.11. The Balaban J connectivity index is 2.11. The molecule has 144 valence electrons. The zero-order valence-corrected chi connectivity index (χ0v) is 16.9. The molecule has 2 rings (SSSR count). The summed E-state index contributed by atoms with van der Waals surface area (Å²) in [5.41, 5.74) is 0.444. The van der Waals surface area contributed by atoms with E-state index in [1.54, 1.807) is 9.80 Å². The predicted octanol–water partition coefficient (Wildman–Crippen LogP) is 4.48. The molecule has 0 saturated carbocycles. The maximum atomic E-state index is 13.1. The van der Waals surface area contributed by atoms with Crippen molar-refractivity contribution in [2.45, 2.75) is 65.1 Å². The Morgan fingerprint density at radius 1 is 1.23 bits per heavy atom. The second-order valence-electron chi connectivity index (χ2n) is 7.66. The summed E-state index contributed by atoms with van der Waals surface area (Å²) in [6.07, 6.45) is 2.11. The number of carbonyl (C=O) groups is 2. The maximum Gasteiger partial charge on any atom is 0.410 e. The molecule has 1 aliphatic heterocycles. The third-order valence-electron chi connectivity index (χ3n) is 4.40. The molecule has 0 aromatic heterocycles. The van der Waals surface area contributed by atoms with Crippen LogP contribution in [0.3, 0.4) is 0 Å². The molecule has 1 aromatic carbocycles. The van der Waals surface area contributed by atoms with Crippen LogP contribution in [0.15, 0.2) is 24.3 Å². The smallest absolute Gasteiger partial charge is 0.410 e. The van der Waals surface area contributed by atoms with Crippen LogP contribution in [0.4, 0.5) is 4.79 Å². The number of halogens is 1. The average molecular weight is 381 g/mol. The van der Waals surface area contributed by atoms with Gasteiger partial charge >= 0.3 is 6.09 Å². The Morgan fingerprint density at radius 2 is 1.88 bits per heavy atom. The van der Waals surface area contributed by atoms with E-state index in [0.717, 1.165) is 18.4 Å². The lowest BCUT2D eigenvalue weighted by molar-refractivity contribution is -0.138. The normalized spacial score (nSPS) is 17.7. The largest absolute Gasteiger partial charge is 0.444 e. The first-order valence-electron chi connectivity index (χ1n) is 9.24. The van der Waals surface area contributed by atoms with Gasteiger partial charge in [-0.15, -0.1) is 0 Å². The van der Waals surface area contributed by atoms with E-state index in [4.69, 9.17) is 16.3 Å². The minimum atomic E-state index is -0.574. The number of benzene rings is 1. The first-order valence-corrected chi connectivity index (χ1v) is 9.62. The molecular weight excluding hydrogens is 352 g/mol. The van der Waals surface area contributed by atoms with Crippen LogP contribution in [0, 0.1) is 0 Å². The van der Waals surface area contributed by atoms with Crippen LogP contribution < -0.4 is 0 Å². The van der Waals surface area contributed by atoms with Gasteiger partial charge in [-0.2, -0.15) is 0 Å². The van der Waals surface area contributed by atoms with Gasteiger partial charge < -0.3 is 9.64 Å². The fourth-order valence-corrected chi connectivity index (χ4v) is 3.22. The number of likely N-dealkylation sites (N-methyl/N-ethyl adjacent to an activating group) is 1. The zero-order valence-electron chi connectivity index (χ0n) is 16.1. The van der Waals surface area contributed by atoms with Crippen molar-refractivity contribution < 1.29 is 14.3 Å². The van der Waals surface area contributed by atoms with Gasteiger partial charge in [0.2, 0.25) is 5.91 Å². The van der Waals surface area contributed by atoms with E-state index >= 15 is 0 Å². The van der Waals surface area contributed by atoms with Gasteiger partial charge in [-0.1, -0.05) is 23.7 Å². The van der Waals surface area contributed by atoms with Crippen molar-refractivity contribution in [2.24, 2.45) is 0 Å². The maximum absolute atomic E-state index is 13.1. The molecule has 1 fully saturated rings. The first-order chi connectivity index (χ1) is 12.2. The van der Waals surface area contributed by atoms with Gasteiger partial charge in [-0.05, 0) is 64.7 Å². The number of hydrogen-bond donors (Lipinski definition) is 0. The highest BCUT2D eigenvalue weighted by atomic mass is 35.5. The Kier molecular flexibility index (Phi) is 6.93. The Labute approximate surface area is 161 Å². The van der Waals surface area contributed by atoms with Crippen molar-refractivity contribution in [3.8, 4) is 0 Å². The molecule has 6 heteroatoms. The van der Waals surface area contributed by atoms with E-state index in [9.17, 15) is 9.59 Å². The van der Waals surface area contributed by atoms with Crippen LogP contribution in [0.5, 0.6) is 0 Å². The molecule has 1 saturated heterocycles. The molecule has 1 atom stereocenters. The summed E-state index contributed by atoms with van der Waals surface area (Å²) < 4.78 is 5.50. The quantitative estimate of drug-likeness (QED) is 0.773. The summed E-state index contributed by atoms with van der Waals surface area (Å²) in [5, 5.41) is 0.673. The van der Waals surface area contributed by atoms with Crippen LogP contribution in [-0.4, -0.2) is 46.5 Å². The van der Waals surface area contributed by atoms with Crippen molar-refractivity contribution in [2.75, 3.05) is 13.1 Å². The van der Waals surface area contributed by atoms with Crippen molar-refractivity contribution in [1.82, 2.24) is 9.80 Å². The van der Waals surface area contributed by atoms with E-state index < -0.39 is 17.7 Å². The van der Waals surface area contributed by atoms with E-state index in [0.29, 0.717) is 31.1 Å². The monoisotopic (exact) mass is 380 g/mol. The highest BCUT2D eigenvalue weighted by Gasteiger charge is 2.36. The van der Waals surface area contributed by atoms with Gasteiger partial charge in [0.1, 0.15) is 11.6 Å². The summed E-state index contributed by atoms with van der Waals surface area (Å²) in [7, 11) is 0. The van der Waals surface area contributed by atoms with Crippen LogP contribution in [-0.2, 0) is 16.1 Å². The van der Waals surface area contributed by atoms with E-state index in [1.807, 2.05) is 52.0 Å². The van der Waals surface area contributed by atoms with Crippen molar-refractivity contribution in [3.63, 3.8) is 0 Å². The second-order valence-corrected chi connectivity index (χ2v) is 8.10. The lowest BCUT2D eigenvalue weighted by atomic mass is 10.0. The number of amides is 2.